The molecule has 27 heavy (non-hydrogen) atoms. The maximum absolute atomic E-state index is 4.60. The largest absolute Gasteiger partial charge is 0.306 e. The van der Waals surface area contributed by atoms with Crippen LogP contribution in [-0.2, 0) is 0 Å². The maximum Gasteiger partial charge on any atom is 0.203 e. The second kappa shape index (κ2) is 7.85. The van der Waals surface area contributed by atoms with Gasteiger partial charge in [0.15, 0.2) is 0 Å². The van der Waals surface area contributed by atoms with Gasteiger partial charge in [0.1, 0.15) is 0 Å². The summed E-state index contributed by atoms with van der Waals surface area (Å²) in [4.78, 5) is 8.67. The molecular formula is C20H16BrN5S. The minimum absolute atomic E-state index is 0.766. The van der Waals surface area contributed by atoms with Gasteiger partial charge in [0.25, 0.3) is 0 Å². The second-order valence-electron chi connectivity index (χ2n) is 5.87. The number of hydrogen-bond donors (Lipinski definition) is 1. The van der Waals surface area contributed by atoms with Gasteiger partial charge in [-0.3, -0.25) is 5.43 Å². The van der Waals surface area contributed by atoms with Gasteiger partial charge in [0, 0.05) is 33.5 Å². The van der Waals surface area contributed by atoms with Crippen LogP contribution in [0.25, 0.3) is 16.9 Å². The van der Waals surface area contributed by atoms with Crippen LogP contribution in [0.4, 0.5) is 5.13 Å². The van der Waals surface area contributed by atoms with Crippen LogP contribution in [0.3, 0.4) is 0 Å². The van der Waals surface area contributed by atoms with E-state index in [1.165, 1.54) is 11.3 Å². The van der Waals surface area contributed by atoms with Gasteiger partial charge in [-0.15, -0.1) is 11.3 Å². The molecule has 0 unspecified atom stereocenters. The Labute approximate surface area is 169 Å². The summed E-state index contributed by atoms with van der Waals surface area (Å²) in [5.41, 5.74) is 8.09. The Kier molecular flexibility index (Phi) is 5.13. The van der Waals surface area contributed by atoms with E-state index in [2.05, 4.69) is 36.4 Å². The molecular weight excluding hydrogens is 422 g/mol. The first kappa shape index (κ1) is 17.6. The van der Waals surface area contributed by atoms with Crippen LogP contribution in [0.15, 0.2) is 82.2 Å². The van der Waals surface area contributed by atoms with Crippen LogP contribution >= 0.6 is 27.3 Å². The minimum atomic E-state index is 0.766. The van der Waals surface area contributed by atoms with Gasteiger partial charge >= 0.3 is 0 Å². The van der Waals surface area contributed by atoms with E-state index in [1.807, 2.05) is 71.6 Å². The molecule has 0 aliphatic carbocycles. The van der Waals surface area contributed by atoms with Crippen molar-refractivity contribution < 1.29 is 0 Å². The van der Waals surface area contributed by atoms with Crippen LogP contribution in [-0.4, -0.2) is 20.2 Å². The number of aromatic nitrogens is 3. The number of nitrogens with zero attached hydrogens (tertiary/aromatic N) is 4. The fourth-order valence-corrected chi connectivity index (χ4v) is 3.49. The van der Waals surface area contributed by atoms with Gasteiger partial charge in [0.2, 0.25) is 5.13 Å². The van der Waals surface area contributed by atoms with Crippen molar-refractivity contribution in [2.24, 2.45) is 5.10 Å². The summed E-state index contributed by atoms with van der Waals surface area (Å²) in [5, 5.41) is 7.26. The molecule has 0 amide bonds. The lowest BCUT2D eigenvalue weighted by Crippen LogP contribution is -2.00. The third-order valence-electron chi connectivity index (χ3n) is 4.05. The average molecular weight is 438 g/mol. The van der Waals surface area contributed by atoms with Crippen molar-refractivity contribution in [1.82, 2.24) is 14.5 Å². The molecule has 0 aliphatic rings. The highest BCUT2D eigenvalue weighted by molar-refractivity contribution is 9.10. The lowest BCUT2D eigenvalue weighted by molar-refractivity contribution is 1.06. The van der Waals surface area contributed by atoms with Crippen LogP contribution < -0.4 is 5.43 Å². The number of hydrazone groups is 1. The molecule has 0 bridgehead atoms. The van der Waals surface area contributed by atoms with Gasteiger partial charge in [0.05, 0.1) is 17.7 Å². The lowest BCUT2D eigenvalue weighted by Gasteiger charge is -2.05. The number of nitrogens with one attached hydrogen (secondary N) is 1. The number of rotatable bonds is 5. The number of benzene rings is 2. The topological polar surface area (TPSA) is 55.1 Å². The summed E-state index contributed by atoms with van der Waals surface area (Å²) in [6, 6.07) is 16.3. The van der Waals surface area contributed by atoms with Crippen molar-refractivity contribution in [3.63, 3.8) is 0 Å². The number of halogens is 1. The molecule has 2 aromatic heterocycles. The Morgan fingerprint density at radius 3 is 2.59 bits per heavy atom. The molecule has 0 radical (unpaired) electrons. The summed E-state index contributed by atoms with van der Waals surface area (Å²) >= 11 is 4.98. The molecule has 0 fully saturated rings. The van der Waals surface area contributed by atoms with E-state index >= 15 is 0 Å². The predicted molar refractivity (Wildman–Crippen MR) is 115 cm³/mol. The van der Waals surface area contributed by atoms with Gasteiger partial charge in [-0.25, -0.2) is 9.97 Å². The molecule has 0 saturated heterocycles. The fourth-order valence-electron chi connectivity index (χ4n) is 2.56. The van der Waals surface area contributed by atoms with Crippen molar-refractivity contribution in [1.29, 1.82) is 0 Å². The number of hydrogen-bond acceptors (Lipinski definition) is 5. The molecule has 1 N–H and O–H groups in total. The average Bonchev–Trinajstić information content (AvgIpc) is 3.39. The summed E-state index contributed by atoms with van der Waals surface area (Å²) in [6.45, 7) is 1.97. The van der Waals surface area contributed by atoms with Gasteiger partial charge < -0.3 is 4.57 Å². The second-order valence-corrected chi connectivity index (χ2v) is 7.64. The van der Waals surface area contributed by atoms with E-state index in [1.54, 1.807) is 12.5 Å². The molecule has 134 valence electrons. The highest BCUT2D eigenvalue weighted by Crippen LogP contribution is 2.26. The summed E-state index contributed by atoms with van der Waals surface area (Å²) < 4.78 is 3.02. The molecule has 0 atom stereocenters. The molecule has 4 aromatic rings. The molecule has 2 aromatic carbocycles. The first-order valence-corrected chi connectivity index (χ1v) is 9.97. The molecule has 0 spiro atoms. The summed E-state index contributed by atoms with van der Waals surface area (Å²) in [7, 11) is 0. The van der Waals surface area contributed by atoms with E-state index in [9.17, 15) is 0 Å². The predicted octanol–water partition coefficient (Wildman–Crippen LogP) is 5.59. The van der Waals surface area contributed by atoms with E-state index in [4.69, 9.17) is 0 Å². The zero-order chi connectivity index (χ0) is 18.6. The molecule has 0 aliphatic heterocycles. The highest BCUT2D eigenvalue weighted by Gasteiger charge is 2.05. The highest BCUT2D eigenvalue weighted by atomic mass is 79.9. The zero-order valence-corrected chi connectivity index (χ0v) is 16.9. The molecule has 2 heterocycles. The van der Waals surface area contributed by atoms with Crippen LogP contribution in [0, 0.1) is 0 Å². The normalized spacial score (nSPS) is 11.6. The van der Waals surface area contributed by atoms with Gasteiger partial charge in [-0.1, -0.05) is 40.2 Å². The molecule has 5 nitrogen and oxygen atoms in total. The van der Waals surface area contributed by atoms with Crippen LogP contribution in [0.2, 0.25) is 0 Å². The third-order valence-corrected chi connectivity index (χ3v) is 5.33. The van der Waals surface area contributed by atoms with Crippen molar-refractivity contribution in [2.75, 3.05) is 5.43 Å². The smallest absolute Gasteiger partial charge is 0.203 e. The van der Waals surface area contributed by atoms with E-state index in [-0.39, 0.29) is 0 Å². The van der Waals surface area contributed by atoms with Crippen molar-refractivity contribution >= 4 is 38.1 Å². The number of thiazole rings is 1. The Morgan fingerprint density at radius 2 is 1.89 bits per heavy atom. The number of imidazole rings is 1. The SMILES string of the molecule is C/C(=N\Nc1nc(-c2ccc(Br)cc2)cs1)c1ccc(-n2ccnc2)cc1. The van der Waals surface area contributed by atoms with Gasteiger partial charge in [-0.2, -0.15) is 5.10 Å². The van der Waals surface area contributed by atoms with Gasteiger partial charge in [-0.05, 0) is 36.8 Å². The standard InChI is InChI=1S/C20H16BrN5S/c1-14(15-4-8-18(9-5-15)26-11-10-22-13-26)24-25-20-23-19(12-27-20)16-2-6-17(21)7-3-16/h2-13H,1H3,(H,23,25)/b24-14+. The molecule has 7 heteroatoms. The Hall–Kier alpha value is -2.77. The Balaban J connectivity index is 1.45. The monoisotopic (exact) mass is 437 g/mol. The first-order valence-electron chi connectivity index (χ1n) is 8.29. The van der Waals surface area contributed by atoms with Crippen LogP contribution in [0.1, 0.15) is 12.5 Å². The van der Waals surface area contributed by atoms with Crippen molar-refractivity contribution in [3.05, 3.63) is 82.7 Å². The van der Waals surface area contributed by atoms with E-state index in [0.717, 1.165) is 37.8 Å². The van der Waals surface area contributed by atoms with E-state index in [0.29, 0.717) is 0 Å². The van der Waals surface area contributed by atoms with Crippen molar-refractivity contribution in [3.8, 4) is 16.9 Å². The molecule has 0 saturated carbocycles. The van der Waals surface area contributed by atoms with Crippen LogP contribution in [0.5, 0.6) is 0 Å². The first-order chi connectivity index (χ1) is 13.2. The summed E-state index contributed by atoms with van der Waals surface area (Å²) in [6.07, 6.45) is 5.47. The molecule has 4 rings (SSSR count). The number of anilines is 1. The Bertz CT molecular complexity index is 1050. The summed E-state index contributed by atoms with van der Waals surface area (Å²) in [5.74, 6) is 0. The minimum Gasteiger partial charge on any atom is -0.306 e. The Morgan fingerprint density at radius 1 is 1.11 bits per heavy atom. The van der Waals surface area contributed by atoms with Crippen molar-refractivity contribution in [2.45, 2.75) is 6.92 Å². The van der Waals surface area contributed by atoms with E-state index < -0.39 is 0 Å². The lowest BCUT2D eigenvalue weighted by atomic mass is 10.1. The fraction of sp³-hybridized carbons (Fsp3) is 0.0500. The maximum atomic E-state index is 4.60. The quantitative estimate of drug-likeness (QED) is 0.326. The zero-order valence-electron chi connectivity index (χ0n) is 14.5. The third kappa shape index (κ3) is 4.15.